The summed E-state index contributed by atoms with van der Waals surface area (Å²) in [5, 5.41) is 7.19. The number of ether oxygens (including phenoxy) is 2. The van der Waals surface area contributed by atoms with Crippen LogP contribution in [-0.4, -0.2) is 59.8 Å². The first-order chi connectivity index (χ1) is 15.4. The van der Waals surface area contributed by atoms with E-state index in [-0.39, 0.29) is 18.0 Å². The summed E-state index contributed by atoms with van der Waals surface area (Å²) in [6, 6.07) is 15.9. The van der Waals surface area contributed by atoms with Gasteiger partial charge in [-0.15, -0.1) is 0 Å². The van der Waals surface area contributed by atoms with Crippen LogP contribution < -0.4 is 10.1 Å². The number of benzene rings is 2. The maximum Gasteiger partial charge on any atom is 0.363 e. The minimum atomic E-state index is -0.821. The summed E-state index contributed by atoms with van der Waals surface area (Å²) in [6.45, 7) is -0.802. The number of rotatable bonds is 8. The second kappa shape index (κ2) is 10.5. The van der Waals surface area contributed by atoms with E-state index in [1.165, 1.54) is 18.8 Å². The Morgan fingerprint density at radius 3 is 2.47 bits per heavy atom. The minimum Gasteiger partial charge on any atom is -0.493 e. The maximum atomic E-state index is 12.5. The van der Waals surface area contributed by atoms with E-state index in [0.29, 0.717) is 10.7 Å². The summed E-state index contributed by atoms with van der Waals surface area (Å²) in [4.78, 5) is 38.1. The van der Waals surface area contributed by atoms with Crippen LogP contribution in [0.2, 0.25) is 5.02 Å². The van der Waals surface area contributed by atoms with Crippen molar-refractivity contribution in [2.75, 3.05) is 32.6 Å². The molecule has 0 saturated heterocycles. The van der Waals surface area contributed by atoms with Crippen molar-refractivity contribution in [1.29, 1.82) is 0 Å². The number of aromatic nitrogens is 2. The Balaban J connectivity index is 1.56. The molecule has 2 amide bonds. The number of nitrogens with zero attached hydrogens (tertiary/aromatic N) is 3. The number of carbonyl (C=O) groups is 3. The van der Waals surface area contributed by atoms with Crippen molar-refractivity contribution < 1.29 is 23.9 Å². The molecule has 3 rings (SSSR count). The van der Waals surface area contributed by atoms with Crippen LogP contribution in [-0.2, 0) is 14.3 Å². The lowest BCUT2D eigenvalue weighted by atomic mass is 10.3. The lowest BCUT2D eigenvalue weighted by Crippen LogP contribution is -2.37. The summed E-state index contributed by atoms with van der Waals surface area (Å²) in [6.07, 6.45) is 1.54. The van der Waals surface area contributed by atoms with E-state index in [9.17, 15) is 14.4 Å². The number of hydrogen-bond acceptors (Lipinski definition) is 6. The van der Waals surface area contributed by atoms with Gasteiger partial charge in [0.25, 0.3) is 5.91 Å². The van der Waals surface area contributed by atoms with E-state index < -0.39 is 24.4 Å². The van der Waals surface area contributed by atoms with Gasteiger partial charge in [-0.25, -0.2) is 9.48 Å². The number of hydrogen-bond donors (Lipinski definition) is 1. The fourth-order valence-electron chi connectivity index (χ4n) is 2.72. The van der Waals surface area contributed by atoms with Crippen molar-refractivity contribution in [1.82, 2.24) is 14.7 Å². The predicted octanol–water partition coefficient (Wildman–Crippen LogP) is 2.79. The van der Waals surface area contributed by atoms with Crippen LogP contribution >= 0.6 is 11.6 Å². The Hall–Kier alpha value is -3.85. The molecule has 0 fully saturated rings. The van der Waals surface area contributed by atoms with E-state index in [2.05, 4.69) is 10.4 Å². The van der Waals surface area contributed by atoms with Gasteiger partial charge in [-0.05, 0) is 24.3 Å². The third-order valence-corrected chi connectivity index (χ3v) is 4.73. The van der Waals surface area contributed by atoms with Crippen LogP contribution in [0.25, 0.3) is 5.69 Å². The zero-order chi connectivity index (χ0) is 23.1. The Morgan fingerprint density at radius 1 is 1.09 bits per heavy atom. The molecule has 0 aliphatic carbocycles. The van der Waals surface area contributed by atoms with E-state index in [1.807, 2.05) is 30.3 Å². The molecule has 0 radical (unpaired) electrons. The lowest BCUT2D eigenvalue weighted by Gasteiger charge is -2.17. The molecule has 3 aromatic rings. The molecule has 0 aliphatic rings. The highest BCUT2D eigenvalue weighted by Gasteiger charge is 2.22. The number of para-hydroxylation sites is 2. The summed E-state index contributed by atoms with van der Waals surface area (Å²) in [5.41, 5.74) is 1.10. The molecule has 1 N–H and O–H groups in total. The molecular weight excluding hydrogens is 436 g/mol. The average molecular weight is 457 g/mol. The van der Waals surface area contributed by atoms with E-state index >= 15 is 0 Å². The van der Waals surface area contributed by atoms with Gasteiger partial charge in [0.05, 0.1) is 36.2 Å². The fraction of sp³-hybridized carbons (Fsp3) is 0.182. The highest BCUT2D eigenvalue weighted by molar-refractivity contribution is 6.33. The molecular formula is C22H21ClN4O5. The van der Waals surface area contributed by atoms with Crippen molar-refractivity contribution in [2.24, 2.45) is 0 Å². The first kappa shape index (κ1) is 22.8. The minimum absolute atomic E-state index is 0.0664. The Labute approximate surface area is 189 Å². The number of methoxy groups -OCH3 is 1. The van der Waals surface area contributed by atoms with Gasteiger partial charge in [0.15, 0.2) is 12.4 Å². The van der Waals surface area contributed by atoms with E-state index in [1.54, 1.807) is 30.5 Å². The normalized spacial score (nSPS) is 10.3. The van der Waals surface area contributed by atoms with Crippen molar-refractivity contribution in [2.45, 2.75) is 0 Å². The second-order valence-corrected chi connectivity index (χ2v) is 7.09. The summed E-state index contributed by atoms with van der Waals surface area (Å²) >= 11 is 6.01. The topological polar surface area (TPSA) is 103 Å². The number of nitrogens with one attached hydrogen (secondary N) is 1. The smallest absolute Gasteiger partial charge is 0.363 e. The van der Waals surface area contributed by atoms with Gasteiger partial charge in [0.1, 0.15) is 0 Å². The van der Waals surface area contributed by atoms with Crippen LogP contribution in [0, 0.1) is 0 Å². The Morgan fingerprint density at radius 2 is 1.78 bits per heavy atom. The Bertz CT molecular complexity index is 1120. The fourth-order valence-corrected chi connectivity index (χ4v) is 2.91. The highest BCUT2D eigenvalue weighted by atomic mass is 35.5. The third-order valence-electron chi connectivity index (χ3n) is 4.40. The number of anilines is 1. The van der Waals surface area contributed by atoms with Gasteiger partial charge in [-0.1, -0.05) is 41.9 Å². The molecule has 2 aromatic carbocycles. The second-order valence-electron chi connectivity index (χ2n) is 6.68. The molecule has 0 unspecified atom stereocenters. The van der Waals surface area contributed by atoms with Crippen molar-refractivity contribution in [3.63, 3.8) is 0 Å². The molecule has 166 valence electrons. The molecule has 0 bridgehead atoms. The largest absolute Gasteiger partial charge is 0.493 e. The first-order valence-corrected chi connectivity index (χ1v) is 9.91. The van der Waals surface area contributed by atoms with Crippen LogP contribution in [0.5, 0.6) is 5.75 Å². The van der Waals surface area contributed by atoms with Gasteiger partial charge in [-0.3, -0.25) is 9.59 Å². The van der Waals surface area contributed by atoms with Crippen LogP contribution in [0.3, 0.4) is 0 Å². The number of likely N-dealkylation sites (N-methyl/N-ethyl adjacent to an activating group) is 1. The molecule has 0 atom stereocenters. The van der Waals surface area contributed by atoms with Crippen LogP contribution in [0.15, 0.2) is 60.8 Å². The number of halogens is 1. The first-order valence-electron chi connectivity index (χ1n) is 9.53. The van der Waals surface area contributed by atoms with Crippen LogP contribution in [0.4, 0.5) is 5.69 Å². The number of amides is 2. The molecule has 0 spiro atoms. The van der Waals surface area contributed by atoms with Gasteiger partial charge in [0.2, 0.25) is 11.6 Å². The quantitative estimate of drug-likeness (QED) is 0.523. The van der Waals surface area contributed by atoms with E-state index in [0.717, 1.165) is 10.6 Å². The summed E-state index contributed by atoms with van der Waals surface area (Å²) in [7, 11) is 2.83. The summed E-state index contributed by atoms with van der Waals surface area (Å²) < 4.78 is 11.8. The van der Waals surface area contributed by atoms with Gasteiger partial charge in [0, 0.05) is 7.05 Å². The van der Waals surface area contributed by atoms with Gasteiger partial charge < -0.3 is 19.7 Å². The molecule has 0 saturated carbocycles. The molecule has 32 heavy (non-hydrogen) atoms. The zero-order valence-corrected chi connectivity index (χ0v) is 18.2. The van der Waals surface area contributed by atoms with Gasteiger partial charge in [-0.2, -0.15) is 5.10 Å². The molecule has 0 aliphatic heterocycles. The standard InChI is InChI=1S/C22H21ClN4O5/c1-26(13-19(28)24-17-11-7-6-10-16(17)23)20(29)14-32-22(30)21-18(31-2)12-27(25-21)15-8-4-3-5-9-15/h3-12H,13-14H2,1-2H3,(H,24,28). The van der Waals surface area contributed by atoms with Crippen molar-refractivity contribution >= 4 is 35.1 Å². The third kappa shape index (κ3) is 5.64. The average Bonchev–Trinajstić information content (AvgIpc) is 3.24. The predicted molar refractivity (Wildman–Crippen MR) is 118 cm³/mol. The number of esters is 1. The van der Waals surface area contributed by atoms with Crippen molar-refractivity contribution in [3.8, 4) is 11.4 Å². The maximum absolute atomic E-state index is 12.5. The highest BCUT2D eigenvalue weighted by Crippen LogP contribution is 2.21. The summed E-state index contributed by atoms with van der Waals surface area (Å²) in [5.74, 6) is -1.62. The van der Waals surface area contributed by atoms with Gasteiger partial charge >= 0.3 is 5.97 Å². The molecule has 1 heterocycles. The lowest BCUT2D eigenvalue weighted by molar-refractivity contribution is -0.136. The molecule has 1 aromatic heterocycles. The molecule has 9 nitrogen and oxygen atoms in total. The van der Waals surface area contributed by atoms with Crippen LogP contribution in [0.1, 0.15) is 10.5 Å². The molecule has 10 heteroatoms. The Kier molecular flexibility index (Phi) is 7.45. The SMILES string of the molecule is COc1cn(-c2ccccc2)nc1C(=O)OCC(=O)N(C)CC(=O)Nc1ccccc1Cl. The number of carbonyl (C=O) groups excluding carboxylic acids is 3. The zero-order valence-electron chi connectivity index (χ0n) is 17.4. The van der Waals surface area contributed by atoms with Crippen molar-refractivity contribution in [3.05, 3.63) is 71.5 Å². The van der Waals surface area contributed by atoms with E-state index in [4.69, 9.17) is 21.1 Å². The monoisotopic (exact) mass is 456 g/mol.